The molecule has 0 fully saturated rings. The summed E-state index contributed by atoms with van der Waals surface area (Å²) in [5.74, 6) is 0.554. The number of rotatable bonds is 10. The molecule has 0 heterocycles. The molecule has 1 amide bonds. The molecule has 0 aliphatic rings. The van der Waals surface area contributed by atoms with Crippen molar-refractivity contribution >= 4 is 11.9 Å². The molecule has 0 bridgehead atoms. The fourth-order valence-electron chi connectivity index (χ4n) is 2.06. The molecule has 0 saturated heterocycles. The number of amides is 1. The number of benzene rings is 1. The van der Waals surface area contributed by atoms with E-state index in [0.717, 1.165) is 12.8 Å². The molecular weight excluding hydrogens is 314 g/mol. The Kier molecular flexibility index (Phi) is 8.46. The van der Waals surface area contributed by atoms with E-state index in [4.69, 9.17) is 18.9 Å². The molecule has 7 heteroatoms. The number of nitrogens with one attached hydrogen (secondary N) is 1. The first kappa shape index (κ1) is 19.6. The van der Waals surface area contributed by atoms with Gasteiger partial charge in [-0.05, 0) is 24.1 Å². The third kappa shape index (κ3) is 5.98. The van der Waals surface area contributed by atoms with Crippen molar-refractivity contribution in [3.8, 4) is 17.2 Å². The minimum atomic E-state index is -0.505. The number of methoxy groups -OCH3 is 3. The van der Waals surface area contributed by atoms with Gasteiger partial charge in [-0.2, -0.15) is 0 Å². The van der Waals surface area contributed by atoms with E-state index in [0.29, 0.717) is 29.4 Å². The number of hydrogen-bond donors (Lipinski definition) is 1. The van der Waals surface area contributed by atoms with E-state index in [1.807, 2.05) is 6.92 Å². The SMILES string of the molecule is CCCCNC(=O)COC(=O)Cc1cc(OC)c(OC)c(OC)c1. The van der Waals surface area contributed by atoms with Crippen LogP contribution in [0, 0.1) is 0 Å². The minimum Gasteiger partial charge on any atom is -0.493 e. The van der Waals surface area contributed by atoms with E-state index >= 15 is 0 Å². The Bertz CT molecular complexity index is 533. The maximum absolute atomic E-state index is 11.9. The quantitative estimate of drug-likeness (QED) is 0.516. The summed E-state index contributed by atoms with van der Waals surface area (Å²) in [6, 6.07) is 3.34. The molecule has 1 rings (SSSR count). The number of unbranched alkanes of at least 4 members (excludes halogenated alkanes) is 1. The van der Waals surface area contributed by atoms with Gasteiger partial charge in [0.2, 0.25) is 5.75 Å². The van der Waals surface area contributed by atoms with E-state index in [2.05, 4.69) is 5.32 Å². The molecule has 134 valence electrons. The lowest BCUT2D eigenvalue weighted by molar-refractivity contribution is -0.147. The van der Waals surface area contributed by atoms with Crippen LogP contribution in [-0.4, -0.2) is 46.4 Å². The largest absolute Gasteiger partial charge is 0.493 e. The van der Waals surface area contributed by atoms with Crippen LogP contribution in [0.15, 0.2) is 12.1 Å². The Morgan fingerprint density at radius 3 is 2.17 bits per heavy atom. The molecule has 0 unspecified atom stereocenters. The summed E-state index contributed by atoms with van der Waals surface area (Å²) in [6.45, 7) is 2.33. The van der Waals surface area contributed by atoms with E-state index < -0.39 is 5.97 Å². The van der Waals surface area contributed by atoms with Crippen molar-refractivity contribution in [3.05, 3.63) is 17.7 Å². The Hall–Kier alpha value is -2.44. The number of carbonyl (C=O) groups excluding carboxylic acids is 2. The lowest BCUT2D eigenvalue weighted by Gasteiger charge is -2.14. The van der Waals surface area contributed by atoms with Gasteiger partial charge in [0.1, 0.15) is 0 Å². The highest BCUT2D eigenvalue weighted by Gasteiger charge is 2.16. The van der Waals surface area contributed by atoms with Gasteiger partial charge in [0, 0.05) is 6.54 Å². The van der Waals surface area contributed by atoms with E-state index in [9.17, 15) is 9.59 Å². The van der Waals surface area contributed by atoms with Crippen molar-refractivity contribution in [1.82, 2.24) is 5.32 Å². The van der Waals surface area contributed by atoms with Crippen LogP contribution < -0.4 is 19.5 Å². The third-order valence-corrected chi connectivity index (χ3v) is 3.29. The van der Waals surface area contributed by atoms with Crippen LogP contribution in [0.1, 0.15) is 25.3 Å². The van der Waals surface area contributed by atoms with Gasteiger partial charge in [-0.1, -0.05) is 13.3 Å². The molecule has 0 aromatic heterocycles. The molecule has 1 N–H and O–H groups in total. The summed E-state index contributed by atoms with van der Waals surface area (Å²) in [7, 11) is 4.51. The molecule has 0 spiro atoms. The van der Waals surface area contributed by atoms with Crippen LogP contribution in [0.4, 0.5) is 0 Å². The highest BCUT2D eigenvalue weighted by molar-refractivity contribution is 5.81. The average Bonchev–Trinajstić information content (AvgIpc) is 2.59. The second-order valence-corrected chi connectivity index (χ2v) is 5.07. The lowest BCUT2D eigenvalue weighted by atomic mass is 10.1. The maximum atomic E-state index is 11.9. The standard InChI is InChI=1S/C17H25NO6/c1-5-6-7-18-15(19)11-24-16(20)10-12-8-13(21-2)17(23-4)14(9-12)22-3/h8-9H,5-7,10-11H2,1-4H3,(H,18,19). The van der Waals surface area contributed by atoms with Crippen LogP contribution in [0.5, 0.6) is 17.2 Å². The number of esters is 1. The van der Waals surface area contributed by atoms with Gasteiger partial charge in [0.15, 0.2) is 18.1 Å². The van der Waals surface area contributed by atoms with Crippen LogP contribution in [0.25, 0.3) is 0 Å². The van der Waals surface area contributed by atoms with E-state index in [1.165, 1.54) is 21.3 Å². The Balaban J connectivity index is 2.62. The summed E-state index contributed by atoms with van der Waals surface area (Å²) >= 11 is 0. The first-order chi connectivity index (χ1) is 11.5. The molecule has 0 saturated carbocycles. The van der Waals surface area contributed by atoms with Crippen LogP contribution in [0.3, 0.4) is 0 Å². The van der Waals surface area contributed by atoms with Crippen LogP contribution in [-0.2, 0) is 20.7 Å². The predicted molar refractivity (Wildman–Crippen MR) is 88.7 cm³/mol. The topological polar surface area (TPSA) is 83.1 Å². The molecule has 0 radical (unpaired) electrons. The van der Waals surface area contributed by atoms with E-state index in [-0.39, 0.29) is 18.9 Å². The van der Waals surface area contributed by atoms with Crippen LogP contribution in [0.2, 0.25) is 0 Å². The first-order valence-electron chi connectivity index (χ1n) is 7.76. The maximum Gasteiger partial charge on any atom is 0.310 e. The van der Waals surface area contributed by atoms with Gasteiger partial charge >= 0.3 is 5.97 Å². The van der Waals surface area contributed by atoms with Gasteiger partial charge in [-0.15, -0.1) is 0 Å². The Morgan fingerprint density at radius 1 is 1.04 bits per heavy atom. The van der Waals surface area contributed by atoms with E-state index in [1.54, 1.807) is 12.1 Å². The molecule has 1 aromatic carbocycles. The van der Waals surface area contributed by atoms with Crippen molar-refractivity contribution in [2.24, 2.45) is 0 Å². The molecule has 1 aromatic rings. The number of hydrogen-bond acceptors (Lipinski definition) is 6. The van der Waals surface area contributed by atoms with Crippen molar-refractivity contribution in [2.75, 3.05) is 34.5 Å². The minimum absolute atomic E-state index is 0.00104. The molecule has 0 aliphatic carbocycles. The molecule has 0 aliphatic heterocycles. The highest BCUT2D eigenvalue weighted by Crippen LogP contribution is 2.38. The van der Waals surface area contributed by atoms with Crippen molar-refractivity contribution in [1.29, 1.82) is 0 Å². The molecule has 24 heavy (non-hydrogen) atoms. The van der Waals surface area contributed by atoms with Gasteiger partial charge in [-0.3, -0.25) is 9.59 Å². The summed E-state index contributed by atoms with van der Waals surface area (Å²) in [5, 5.41) is 2.68. The summed E-state index contributed by atoms with van der Waals surface area (Å²) in [6.07, 6.45) is 1.88. The highest BCUT2D eigenvalue weighted by atomic mass is 16.5. The lowest BCUT2D eigenvalue weighted by Crippen LogP contribution is -2.29. The Morgan fingerprint density at radius 2 is 1.67 bits per heavy atom. The zero-order chi connectivity index (χ0) is 17.9. The normalized spacial score (nSPS) is 10.0. The monoisotopic (exact) mass is 339 g/mol. The zero-order valence-electron chi connectivity index (χ0n) is 14.6. The fourth-order valence-corrected chi connectivity index (χ4v) is 2.06. The number of carbonyl (C=O) groups is 2. The summed E-state index contributed by atoms with van der Waals surface area (Å²) in [5.41, 5.74) is 0.640. The predicted octanol–water partition coefficient (Wildman–Crippen LogP) is 1.71. The fraction of sp³-hybridized carbons (Fsp3) is 0.529. The molecular formula is C17H25NO6. The van der Waals surface area contributed by atoms with Gasteiger partial charge < -0.3 is 24.3 Å². The third-order valence-electron chi connectivity index (χ3n) is 3.29. The number of ether oxygens (including phenoxy) is 4. The van der Waals surface area contributed by atoms with Crippen molar-refractivity contribution < 1.29 is 28.5 Å². The summed E-state index contributed by atoms with van der Waals surface area (Å²) in [4.78, 5) is 23.4. The van der Waals surface area contributed by atoms with Gasteiger partial charge in [0.25, 0.3) is 5.91 Å². The van der Waals surface area contributed by atoms with Crippen molar-refractivity contribution in [2.45, 2.75) is 26.2 Å². The zero-order valence-corrected chi connectivity index (χ0v) is 14.6. The summed E-state index contributed by atoms with van der Waals surface area (Å²) < 4.78 is 20.7. The molecule has 7 nitrogen and oxygen atoms in total. The second kappa shape index (κ2) is 10.4. The average molecular weight is 339 g/mol. The van der Waals surface area contributed by atoms with Crippen molar-refractivity contribution in [3.63, 3.8) is 0 Å². The van der Waals surface area contributed by atoms with Gasteiger partial charge in [-0.25, -0.2) is 0 Å². The smallest absolute Gasteiger partial charge is 0.310 e. The first-order valence-corrected chi connectivity index (χ1v) is 7.76. The van der Waals surface area contributed by atoms with Crippen LogP contribution >= 0.6 is 0 Å². The van der Waals surface area contributed by atoms with Gasteiger partial charge in [0.05, 0.1) is 27.8 Å². The second-order valence-electron chi connectivity index (χ2n) is 5.07. The molecule has 0 atom stereocenters. The Labute approximate surface area is 142 Å².